The van der Waals surface area contributed by atoms with Crippen LogP contribution in [-0.2, 0) is 14.3 Å². The zero-order valence-corrected chi connectivity index (χ0v) is 15.5. The Kier molecular flexibility index (Phi) is 7.84. The van der Waals surface area contributed by atoms with Gasteiger partial charge in [0, 0.05) is 37.6 Å². The number of nitrogens with two attached hydrogens (primary N) is 1. The molecule has 8 heteroatoms. The van der Waals surface area contributed by atoms with Crippen molar-refractivity contribution in [1.82, 2.24) is 4.90 Å². The van der Waals surface area contributed by atoms with Gasteiger partial charge >= 0.3 is 0 Å². The third kappa shape index (κ3) is 5.17. The second kappa shape index (κ2) is 9.87. The highest BCUT2D eigenvalue weighted by atomic mass is 35.5. The van der Waals surface area contributed by atoms with Crippen molar-refractivity contribution in [3.8, 4) is 0 Å². The lowest BCUT2D eigenvalue weighted by molar-refractivity contribution is -0.119. The van der Waals surface area contributed by atoms with Crippen molar-refractivity contribution in [1.29, 1.82) is 0 Å². The number of nitrogens with zero attached hydrogens (tertiary/aromatic N) is 1. The number of morpholine rings is 1. The fourth-order valence-corrected chi connectivity index (χ4v) is 3.19. The summed E-state index contributed by atoms with van der Waals surface area (Å²) in [6, 6.07) is 6.43. The Bertz CT molecular complexity index is 616. The molecular weight excluding hydrogens is 358 g/mol. The van der Waals surface area contributed by atoms with Gasteiger partial charge in [0.15, 0.2) is 0 Å². The quantitative estimate of drug-likeness (QED) is 0.816. The number of benzene rings is 1. The highest BCUT2D eigenvalue weighted by Gasteiger charge is 2.27. The Morgan fingerprint density at radius 2 is 1.77 bits per heavy atom. The number of carbonyl (C=O) groups is 2. The maximum Gasteiger partial charge on any atom is 0.254 e. The van der Waals surface area contributed by atoms with Crippen LogP contribution in [0.2, 0.25) is 0 Å². The molecule has 1 unspecified atom stereocenters. The van der Waals surface area contributed by atoms with Gasteiger partial charge in [-0.15, -0.1) is 12.4 Å². The zero-order chi connectivity index (χ0) is 17.6. The van der Waals surface area contributed by atoms with Gasteiger partial charge in [-0.3, -0.25) is 9.59 Å². The van der Waals surface area contributed by atoms with Crippen LogP contribution in [0.15, 0.2) is 24.3 Å². The molecule has 1 aromatic rings. The van der Waals surface area contributed by atoms with Crippen LogP contribution in [0.3, 0.4) is 0 Å². The molecule has 3 rings (SSSR count). The lowest BCUT2D eigenvalue weighted by atomic mass is 9.92. The molecule has 0 bridgehead atoms. The molecule has 2 saturated heterocycles. The number of anilines is 1. The standard InChI is InChI=1S/C18H25N3O4.ClH/c19-16(13-4-8-24-9-5-13)17(22)20-15-3-1-2-14(12-15)18(23)21-6-10-25-11-7-21;/h1-3,12-13,16H,4-11,19H2,(H,20,22);1H. The first-order chi connectivity index (χ1) is 12.1. The van der Waals surface area contributed by atoms with E-state index < -0.39 is 6.04 Å². The van der Waals surface area contributed by atoms with Gasteiger partial charge in [0.05, 0.1) is 19.3 Å². The van der Waals surface area contributed by atoms with Crippen molar-refractivity contribution < 1.29 is 19.1 Å². The first-order valence-corrected chi connectivity index (χ1v) is 8.76. The SMILES string of the molecule is Cl.NC(C(=O)Nc1cccc(C(=O)N2CCOCC2)c1)C1CCOCC1. The molecule has 2 heterocycles. The van der Waals surface area contributed by atoms with E-state index in [1.807, 2.05) is 0 Å². The van der Waals surface area contributed by atoms with Crippen LogP contribution >= 0.6 is 12.4 Å². The molecule has 144 valence electrons. The molecule has 3 N–H and O–H groups in total. The Morgan fingerprint density at radius 3 is 2.46 bits per heavy atom. The maximum absolute atomic E-state index is 12.5. The normalized spacial score (nSPS) is 19.3. The summed E-state index contributed by atoms with van der Waals surface area (Å²) >= 11 is 0. The van der Waals surface area contributed by atoms with Crippen molar-refractivity contribution in [2.45, 2.75) is 18.9 Å². The van der Waals surface area contributed by atoms with E-state index in [0.29, 0.717) is 50.8 Å². The number of rotatable bonds is 4. The molecular formula is C18H26ClN3O4. The van der Waals surface area contributed by atoms with Crippen molar-refractivity contribution in [3.05, 3.63) is 29.8 Å². The fourth-order valence-electron chi connectivity index (χ4n) is 3.19. The minimum Gasteiger partial charge on any atom is -0.381 e. The molecule has 2 amide bonds. The maximum atomic E-state index is 12.5. The molecule has 2 aliphatic heterocycles. The summed E-state index contributed by atoms with van der Waals surface area (Å²) in [6.45, 7) is 3.59. The number of halogens is 1. The monoisotopic (exact) mass is 383 g/mol. The van der Waals surface area contributed by atoms with E-state index in [4.69, 9.17) is 15.2 Å². The summed E-state index contributed by atoms with van der Waals surface area (Å²) in [5.41, 5.74) is 7.24. The summed E-state index contributed by atoms with van der Waals surface area (Å²) in [6.07, 6.45) is 1.59. The van der Waals surface area contributed by atoms with E-state index >= 15 is 0 Å². The Hall–Kier alpha value is -1.67. The predicted molar refractivity (Wildman–Crippen MR) is 101 cm³/mol. The van der Waals surface area contributed by atoms with Crippen LogP contribution in [0.4, 0.5) is 5.69 Å². The second-order valence-electron chi connectivity index (χ2n) is 6.45. The van der Waals surface area contributed by atoms with Crippen molar-refractivity contribution in [3.63, 3.8) is 0 Å². The fraction of sp³-hybridized carbons (Fsp3) is 0.556. The van der Waals surface area contributed by atoms with Gasteiger partial charge in [-0.1, -0.05) is 6.07 Å². The molecule has 2 fully saturated rings. The molecule has 0 saturated carbocycles. The van der Waals surface area contributed by atoms with Gasteiger partial charge in [0.2, 0.25) is 5.91 Å². The zero-order valence-electron chi connectivity index (χ0n) is 14.7. The summed E-state index contributed by atoms with van der Waals surface area (Å²) < 4.78 is 10.6. The number of hydrogen-bond donors (Lipinski definition) is 2. The smallest absolute Gasteiger partial charge is 0.254 e. The molecule has 7 nitrogen and oxygen atoms in total. The van der Waals surface area contributed by atoms with E-state index in [2.05, 4.69) is 5.32 Å². The Morgan fingerprint density at radius 1 is 1.12 bits per heavy atom. The van der Waals surface area contributed by atoms with Crippen LogP contribution in [0.1, 0.15) is 23.2 Å². The number of amides is 2. The molecule has 0 spiro atoms. The first kappa shape index (κ1) is 20.6. The third-order valence-electron chi connectivity index (χ3n) is 4.75. The van der Waals surface area contributed by atoms with Gasteiger partial charge < -0.3 is 25.4 Å². The average Bonchev–Trinajstić information content (AvgIpc) is 2.68. The lowest BCUT2D eigenvalue weighted by Gasteiger charge is -2.27. The number of hydrogen-bond acceptors (Lipinski definition) is 5. The minimum absolute atomic E-state index is 0. The Balaban J connectivity index is 0.00000243. The summed E-state index contributed by atoms with van der Waals surface area (Å²) in [4.78, 5) is 26.7. The number of nitrogens with one attached hydrogen (secondary N) is 1. The average molecular weight is 384 g/mol. The first-order valence-electron chi connectivity index (χ1n) is 8.76. The summed E-state index contributed by atoms with van der Waals surface area (Å²) in [5, 5.41) is 2.84. The molecule has 2 aliphatic rings. The van der Waals surface area contributed by atoms with Gasteiger partial charge in [-0.2, -0.15) is 0 Å². The van der Waals surface area contributed by atoms with Gasteiger partial charge in [0.25, 0.3) is 5.91 Å². The van der Waals surface area contributed by atoms with Crippen LogP contribution in [0.25, 0.3) is 0 Å². The minimum atomic E-state index is -0.567. The predicted octanol–water partition coefficient (Wildman–Crippen LogP) is 1.27. The highest BCUT2D eigenvalue weighted by Crippen LogP contribution is 2.19. The number of ether oxygens (including phenoxy) is 2. The van der Waals surface area contributed by atoms with Gasteiger partial charge in [0.1, 0.15) is 0 Å². The van der Waals surface area contributed by atoms with Crippen LogP contribution in [0, 0.1) is 5.92 Å². The molecule has 1 atom stereocenters. The number of carbonyl (C=O) groups excluding carboxylic acids is 2. The third-order valence-corrected chi connectivity index (χ3v) is 4.75. The molecule has 0 aliphatic carbocycles. The van der Waals surface area contributed by atoms with Crippen molar-refractivity contribution >= 4 is 29.9 Å². The Labute approximate surface area is 159 Å². The highest BCUT2D eigenvalue weighted by molar-refractivity contribution is 5.98. The van der Waals surface area contributed by atoms with Gasteiger partial charge in [-0.05, 0) is 37.0 Å². The van der Waals surface area contributed by atoms with Crippen molar-refractivity contribution in [2.24, 2.45) is 11.7 Å². The summed E-state index contributed by atoms with van der Waals surface area (Å²) in [7, 11) is 0. The van der Waals surface area contributed by atoms with E-state index in [-0.39, 0.29) is 30.1 Å². The summed E-state index contributed by atoms with van der Waals surface area (Å²) in [5.74, 6) is -0.136. The van der Waals surface area contributed by atoms with Crippen LogP contribution in [0.5, 0.6) is 0 Å². The van der Waals surface area contributed by atoms with Crippen molar-refractivity contribution in [2.75, 3.05) is 44.8 Å². The lowest BCUT2D eigenvalue weighted by Crippen LogP contribution is -2.44. The largest absolute Gasteiger partial charge is 0.381 e. The second-order valence-corrected chi connectivity index (χ2v) is 6.45. The van der Waals surface area contributed by atoms with Gasteiger partial charge in [-0.25, -0.2) is 0 Å². The van der Waals surface area contributed by atoms with E-state index in [1.165, 1.54) is 0 Å². The van der Waals surface area contributed by atoms with Crippen LogP contribution < -0.4 is 11.1 Å². The van der Waals surface area contributed by atoms with E-state index in [1.54, 1.807) is 29.2 Å². The molecule has 0 aromatic heterocycles. The molecule has 26 heavy (non-hydrogen) atoms. The topological polar surface area (TPSA) is 93.9 Å². The molecule has 0 radical (unpaired) electrons. The van der Waals surface area contributed by atoms with E-state index in [9.17, 15) is 9.59 Å². The molecule has 1 aromatic carbocycles. The van der Waals surface area contributed by atoms with E-state index in [0.717, 1.165) is 12.8 Å². The van der Waals surface area contributed by atoms with Crippen LogP contribution in [-0.4, -0.2) is 62.3 Å².